The SMILES string of the molecule is CC(Cc1cccs1)(C(=O)O)c1ccc(C(F)(F)F)cc1N. The van der Waals surface area contributed by atoms with Crippen LogP contribution in [0.5, 0.6) is 0 Å². The van der Waals surface area contributed by atoms with Gasteiger partial charge in [-0.05, 0) is 36.1 Å². The summed E-state index contributed by atoms with van der Waals surface area (Å²) in [6.07, 6.45) is -4.35. The Balaban J connectivity index is 2.47. The Morgan fingerprint density at radius 3 is 2.45 bits per heavy atom. The van der Waals surface area contributed by atoms with Crippen LogP contribution in [0.2, 0.25) is 0 Å². The number of thiophene rings is 1. The maximum Gasteiger partial charge on any atom is 0.416 e. The minimum Gasteiger partial charge on any atom is -0.481 e. The van der Waals surface area contributed by atoms with Crippen LogP contribution in [-0.2, 0) is 22.8 Å². The van der Waals surface area contributed by atoms with Crippen molar-refractivity contribution in [2.45, 2.75) is 24.9 Å². The number of carboxylic acids is 1. The number of nitrogens with two attached hydrogens (primary N) is 1. The first-order chi connectivity index (χ1) is 10.1. The van der Waals surface area contributed by atoms with Crippen molar-refractivity contribution in [3.63, 3.8) is 0 Å². The lowest BCUT2D eigenvalue weighted by Crippen LogP contribution is -2.35. The highest BCUT2D eigenvalue weighted by Crippen LogP contribution is 2.37. The van der Waals surface area contributed by atoms with Crippen molar-refractivity contribution in [2.75, 3.05) is 5.73 Å². The summed E-state index contributed by atoms with van der Waals surface area (Å²) >= 11 is 1.39. The molecule has 2 rings (SSSR count). The number of anilines is 1. The fourth-order valence-corrected chi connectivity index (χ4v) is 3.15. The number of aliphatic carboxylic acids is 1. The van der Waals surface area contributed by atoms with Gasteiger partial charge in [0.05, 0.1) is 11.0 Å². The van der Waals surface area contributed by atoms with Gasteiger partial charge in [0.1, 0.15) is 0 Å². The van der Waals surface area contributed by atoms with Crippen LogP contribution in [-0.4, -0.2) is 11.1 Å². The van der Waals surface area contributed by atoms with Crippen molar-refractivity contribution in [3.8, 4) is 0 Å². The quantitative estimate of drug-likeness (QED) is 0.835. The molecule has 3 N–H and O–H groups in total. The highest BCUT2D eigenvalue weighted by atomic mass is 32.1. The summed E-state index contributed by atoms with van der Waals surface area (Å²) in [4.78, 5) is 12.5. The molecule has 0 radical (unpaired) electrons. The van der Waals surface area contributed by atoms with Crippen molar-refractivity contribution in [1.29, 1.82) is 0 Å². The maximum absolute atomic E-state index is 12.7. The van der Waals surface area contributed by atoms with Crippen molar-refractivity contribution in [2.24, 2.45) is 0 Å². The van der Waals surface area contributed by atoms with E-state index in [0.717, 1.165) is 23.1 Å². The lowest BCUT2D eigenvalue weighted by molar-refractivity contribution is -0.143. The van der Waals surface area contributed by atoms with Crippen molar-refractivity contribution < 1.29 is 23.1 Å². The van der Waals surface area contributed by atoms with Crippen molar-refractivity contribution in [3.05, 3.63) is 51.7 Å². The predicted octanol–water partition coefficient (Wildman–Crippen LogP) is 3.93. The Kier molecular flexibility index (Phi) is 4.19. The molecule has 0 amide bonds. The predicted molar refractivity (Wildman–Crippen MR) is 78.9 cm³/mol. The van der Waals surface area contributed by atoms with Gasteiger partial charge < -0.3 is 10.8 Å². The van der Waals surface area contributed by atoms with E-state index in [1.165, 1.54) is 18.3 Å². The molecule has 118 valence electrons. The molecule has 0 spiro atoms. The highest BCUT2D eigenvalue weighted by Gasteiger charge is 2.39. The number of rotatable bonds is 4. The molecule has 7 heteroatoms. The molecule has 1 aromatic heterocycles. The number of alkyl halides is 3. The molecule has 1 unspecified atom stereocenters. The molecule has 1 heterocycles. The molecule has 0 fully saturated rings. The van der Waals surface area contributed by atoms with Crippen LogP contribution >= 0.6 is 11.3 Å². The molecule has 0 bridgehead atoms. The molecule has 0 aliphatic heterocycles. The first kappa shape index (κ1) is 16.4. The third kappa shape index (κ3) is 3.09. The molecule has 22 heavy (non-hydrogen) atoms. The van der Waals surface area contributed by atoms with E-state index in [-0.39, 0.29) is 17.7 Å². The largest absolute Gasteiger partial charge is 0.481 e. The van der Waals surface area contributed by atoms with Crippen LogP contribution in [0.25, 0.3) is 0 Å². The van der Waals surface area contributed by atoms with Crippen molar-refractivity contribution >= 4 is 23.0 Å². The zero-order valence-corrected chi connectivity index (χ0v) is 12.5. The van der Waals surface area contributed by atoms with Gasteiger partial charge in [-0.15, -0.1) is 11.3 Å². The van der Waals surface area contributed by atoms with Gasteiger partial charge in [-0.2, -0.15) is 13.2 Å². The Hall–Kier alpha value is -2.02. The molecule has 1 atom stereocenters. The summed E-state index contributed by atoms with van der Waals surface area (Å²) in [5.41, 5.74) is 3.44. The number of benzene rings is 1. The van der Waals surface area contributed by atoms with Crippen LogP contribution in [0.1, 0.15) is 22.9 Å². The van der Waals surface area contributed by atoms with Gasteiger partial charge >= 0.3 is 12.1 Å². The molecular formula is C15H14F3NO2S. The lowest BCUT2D eigenvalue weighted by Gasteiger charge is -2.27. The van der Waals surface area contributed by atoms with Crippen LogP contribution < -0.4 is 5.73 Å². The first-order valence-electron chi connectivity index (χ1n) is 6.37. The minimum absolute atomic E-state index is 0.162. The Bertz CT molecular complexity index is 683. The number of nitrogen functional groups attached to an aromatic ring is 1. The van der Waals surface area contributed by atoms with E-state index in [9.17, 15) is 23.1 Å². The van der Waals surface area contributed by atoms with Gasteiger partial charge in [-0.1, -0.05) is 12.1 Å². The second-order valence-electron chi connectivity index (χ2n) is 5.19. The monoisotopic (exact) mass is 329 g/mol. The average Bonchev–Trinajstić information content (AvgIpc) is 2.89. The third-order valence-corrected chi connectivity index (χ3v) is 4.43. The molecule has 0 saturated heterocycles. The number of halogens is 3. The van der Waals surface area contributed by atoms with Gasteiger partial charge in [0.2, 0.25) is 0 Å². The number of carboxylic acid groups (broad SMARTS) is 1. The van der Waals surface area contributed by atoms with Gasteiger partial charge in [0.15, 0.2) is 0 Å². The summed E-state index contributed by atoms with van der Waals surface area (Å²) in [5.74, 6) is -1.13. The fraction of sp³-hybridized carbons (Fsp3) is 0.267. The van der Waals surface area contributed by atoms with E-state index in [1.807, 2.05) is 5.38 Å². The number of hydrogen-bond donors (Lipinski definition) is 2. The van der Waals surface area contributed by atoms with Crippen LogP contribution in [0, 0.1) is 0 Å². The van der Waals surface area contributed by atoms with Gasteiger partial charge in [-0.25, -0.2) is 0 Å². The zero-order chi connectivity index (χ0) is 16.5. The summed E-state index contributed by atoms with van der Waals surface area (Å²) < 4.78 is 38.1. The molecule has 2 aromatic rings. The van der Waals surface area contributed by atoms with E-state index >= 15 is 0 Å². The Labute approximate surface area is 129 Å². The fourth-order valence-electron chi connectivity index (χ4n) is 2.29. The number of carbonyl (C=O) groups is 1. The minimum atomic E-state index is -4.51. The van der Waals surface area contributed by atoms with Crippen LogP contribution in [0.3, 0.4) is 0 Å². The second-order valence-corrected chi connectivity index (χ2v) is 6.23. The van der Waals surface area contributed by atoms with Crippen molar-refractivity contribution in [1.82, 2.24) is 0 Å². The summed E-state index contributed by atoms with van der Waals surface area (Å²) in [5, 5.41) is 11.4. The first-order valence-corrected chi connectivity index (χ1v) is 7.25. The second kappa shape index (κ2) is 5.64. The summed E-state index contributed by atoms with van der Waals surface area (Å²) in [7, 11) is 0. The molecule has 3 nitrogen and oxygen atoms in total. The maximum atomic E-state index is 12.7. The molecular weight excluding hydrogens is 315 g/mol. The molecule has 0 saturated carbocycles. The van der Waals surface area contributed by atoms with E-state index in [0.29, 0.717) is 0 Å². The average molecular weight is 329 g/mol. The lowest BCUT2D eigenvalue weighted by atomic mass is 9.78. The third-order valence-electron chi connectivity index (χ3n) is 3.55. The molecule has 0 aliphatic carbocycles. The molecule has 1 aromatic carbocycles. The van der Waals surface area contributed by atoms with Gasteiger partial charge in [0.25, 0.3) is 0 Å². The van der Waals surface area contributed by atoms with E-state index in [2.05, 4.69) is 0 Å². The smallest absolute Gasteiger partial charge is 0.416 e. The number of hydrogen-bond acceptors (Lipinski definition) is 3. The van der Waals surface area contributed by atoms with Crippen LogP contribution in [0.15, 0.2) is 35.7 Å². The van der Waals surface area contributed by atoms with E-state index in [4.69, 9.17) is 5.73 Å². The Morgan fingerprint density at radius 1 is 1.32 bits per heavy atom. The standard InChI is InChI=1S/C15H14F3NO2S/c1-14(13(20)21,8-10-3-2-6-22-10)11-5-4-9(7-12(11)19)15(16,17)18/h2-7H,8,19H2,1H3,(H,20,21). The van der Waals surface area contributed by atoms with Crippen LogP contribution in [0.4, 0.5) is 18.9 Å². The van der Waals surface area contributed by atoms with Gasteiger partial charge in [-0.3, -0.25) is 4.79 Å². The normalized spacial score (nSPS) is 14.5. The topological polar surface area (TPSA) is 63.3 Å². The van der Waals surface area contributed by atoms with E-state index < -0.39 is 23.1 Å². The zero-order valence-electron chi connectivity index (χ0n) is 11.6. The summed E-state index contributed by atoms with van der Waals surface area (Å²) in [6.45, 7) is 1.47. The Morgan fingerprint density at radius 2 is 2.00 bits per heavy atom. The van der Waals surface area contributed by atoms with E-state index in [1.54, 1.807) is 12.1 Å². The van der Waals surface area contributed by atoms with Gasteiger partial charge in [0, 0.05) is 17.0 Å². The molecule has 0 aliphatic rings. The highest BCUT2D eigenvalue weighted by molar-refractivity contribution is 7.09. The summed E-state index contributed by atoms with van der Waals surface area (Å²) in [6, 6.07) is 6.37.